The number of imidazole rings is 1. The lowest BCUT2D eigenvalue weighted by molar-refractivity contribution is 0.413. The number of methoxy groups -OCH3 is 1. The summed E-state index contributed by atoms with van der Waals surface area (Å²) in [7, 11) is 1.68. The summed E-state index contributed by atoms with van der Waals surface area (Å²) >= 11 is 0. The molecule has 1 aliphatic heterocycles. The Hall–Kier alpha value is -2.60. The summed E-state index contributed by atoms with van der Waals surface area (Å²) in [6, 6.07) is 10.7. The quantitative estimate of drug-likeness (QED) is 0.677. The summed E-state index contributed by atoms with van der Waals surface area (Å²) in [6.45, 7) is 5.27. The van der Waals surface area contributed by atoms with Gasteiger partial charge in [-0.2, -0.15) is 0 Å². The molecule has 27 heavy (non-hydrogen) atoms. The molecule has 142 valence electrons. The summed E-state index contributed by atoms with van der Waals surface area (Å²) in [5, 5.41) is 8.89. The Morgan fingerprint density at radius 1 is 1.15 bits per heavy atom. The number of aryl methyl sites for hydroxylation is 1. The fourth-order valence-corrected chi connectivity index (χ4v) is 3.51. The maximum Gasteiger partial charge on any atom is 0.151 e. The fourth-order valence-electron chi connectivity index (χ4n) is 3.51. The highest BCUT2D eigenvalue weighted by Gasteiger charge is 2.21. The molecule has 0 aliphatic carbocycles. The van der Waals surface area contributed by atoms with Gasteiger partial charge in [0.05, 0.1) is 30.5 Å². The molecular weight excluding hydrogens is 362 g/mol. The lowest BCUT2D eigenvalue weighted by Gasteiger charge is -2.21. The van der Waals surface area contributed by atoms with Crippen molar-refractivity contribution in [2.45, 2.75) is 32.7 Å². The number of benzene rings is 1. The molecule has 4 rings (SSSR count). The summed E-state index contributed by atoms with van der Waals surface area (Å²) in [5.74, 6) is 1.73. The van der Waals surface area contributed by atoms with Crippen LogP contribution in [0.3, 0.4) is 0 Å². The van der Waals surface area contributed by atoms with E-state index in [9.17, 15) is 0 Å². The third-order valence-electron chi connectivity index (χ3n) is 4.96. The Balaban J connectivity index is 0.00000210. The van der Waals surface area contributed by atoms with Crippen molar-refractivity contribution in [1.82, 2.24) is 19.7 Å². The van der Waals surface area contributed by atoms with Gasteiger partial charge in [0.15, 0.2) is 5.82 Å². The van der Waals surface area contributed by atoms with E-state index in [-0.39, 0.29) is 12.4 Å². The Morgan fingerprint density at radius 2 is 2.00 bits per heavy atom. The molecule has 0 amide bonds. The molecule has 1 aromatic carbocycles. The van der Waals surface area contributed by atoms with Crippen molar-refractivity contribution in [1.29, 1.82) is 0 Å². The zero-order valence-corrected chi connectivity index (χ0v) is 16.6. The van der Waals surface area contributed by atoms with Gasteiger partial charge in [-0.25, -0.2) is 4.98 Å². The number of halogens is 1. The molecule has 6 nitrogen and oxygen atoms in total. The normalized spacial score (nSPS) is 16.3. The van der Waals surface area contributed by atoms with Crippen LogP contribution < -0.4 is 9.64 Å². The second-order valence-corrected chi connectivity index (χ2v) is 6.77. The molecule has 0 saturated carbocycles. The molecule has 2 aromatic heterocycles. The molecule has 0 N–H and O–H groups in total. The fraction of sp³-hybridized carbons (Fsp3) is 0.350. The van der Waals surface area contributed by atoms with Gasteiger partial charge in [0.25, 0.3) is 0 Å². The van der Waals surface area contributed by atoms with E-state index >= 15 is 0 Å². The molecule has 1 saturated heterocycles. The van der Waals surface area contributed by atoms with Crippen molar-refractivity contribution in [2.75, 3.05) is 18.6 Å². The highest BCUT2D eigenvalue weighted by atomic mass is 35.5. The van der Waals surface area contributed by atoms with Crippen molar-refractivity contribution in [2.24, 2.45) is 0 Å². The van der Waals surface area contributed by atoms with E-state index in [1.807, 2.05) is 42.0 Å². The van der Waals surface area contributed by atoms with Gasteiger partial charge in [-0.05, 0) is 51.0 Å². The Labute approximate surface area is 165 Å². The standard InChI is InChI=1S/C20H23N5O.ClH/c1-14-12-24(13-21-14)18-8-6-16(11-19(18)26-3)17-7-9-20(23-22-17)25-10-4-5-15(25)2;/h6-9,11-13,15H,4-5,10H2,1-3H3;1H. The first-order valence-corrected chi connectivity index (χ1v) is 8.95. The van der Waals surface area contributed by atoms with Crippen molar-refractivity contribution in [3.05, 3.63) is 48.5 Å². The SMILES string of the molecule is COc1cc(-c2ccc(N3CCCC3C)nn2)ccc1-n1cnc(C)c1.Cl. The summed E-state index contributed by atoms with van der Waals surface area (Å²) < 4.78 is 7.55. The van der Waals surface area contributed by atoms with Crippen LogP contribution in [0.2, 0.25) is 0 Å². The molecular formula is C20H24ClN5O. The van der Waals surface area contributed by atoms with E-state index in [1.165, 1.54) is 12.8 Å². The first-order chi connectivity index (χ1) is 12.7. The molecule has 0 radical (unpaired) electrons. The average molecular weight is 386 g/mol. The van der Waals surface area contributed by atoms with Crippen LogP contribution in [0.5, 0.6) is 5.75 Å². The largest absolute Gasteiger partial charge is 0.495 e. The van der Waals surface area contributed by atoms with E-state index in [1.54, 1.807) is 13.4 Å². The first kappa shape index (κ1) is 19.2. The third-order valence-corrected chi connectivity index (χ3v) is 4.96. The van der Waals surface area contributed by atoms with E-state index in [2.05, 4.69) is 33.1 Å². The molecule has 3 aromatic rings. The number of hydrogen-bond donors (Lipinski definition) is 0. The lowest BCUT2D eigenvalue weighted by atomic mass is 10.1. The number of hydrogen-bond acceptors (Lipinski definition) is 5. The highest BCUT2D eigenvalue weighted by Crippen LogP contribution is 2.30. The van der Waals surface area contributed by atoms with E-state index in [0.717, 1.165) is 40.8 Å². The third kappa shape index (κ3) is 3.76. The van der Waals surface area contributed by atoms with Crippen LogP contribution in [0.25, 0.3) is 16.9 Å². The monoisotopic (exact) mass is 385 g/mol. The molecule has 0 spiro atoms. The Bertz CT molecular complexity index is 909. The van der Waals surface area contributed by atoms with E-state index in [0.29, 0.717) is 6.04 Å². The van der Waals surface area contributed by atoms with Crippen LogP contribution in [-0.2, 0) is 0 Å². The van der Waals surface area contributed by atoms with Gasteiger partial charge in [0, 0.05) is 24.3 Å². The summed E-state index contributed by atoms with van der Waals surface area (Å²) in [6.07, 6.45) is 6.20. The van der Waals surface area contributed by atoms with Crippen molar-refractivity contribution in [3.63, 3.8) is 0 Å². The van der Waals surface area contributed by atoms with Crippen LogP contribution in [0.15, 0.2) is 42.9 Å². The summed E-state index contributed by atoms with van der Waals surface area (Å²) in [5.41, 5.74) is 3.74. The average Bonchev–Trinajstić information content (AvgIpc) is 3.29. The van der Waals surface area contributed by atoms with Gasteiger partial charge in [-0.1, -0.05) is 6.07 Å². The van der Waals surface area contributed by atoms with Crippen LogP contribution in [0.4, 0.5) is 5.82 Å². The Kier molecular flexibility index (Phi) is 5.65. The van der Waals surface area contributed by atoms with Crippen molar-refractivity contribution in [3.8, 4) is 22.7 Å². The van der Waals surface area contributed by atoms with Gasteiger partial charge >= 0.3 is 0 Å². The van der Waals surface area contributed by atoms with Crippen LogP contribution in [0.1, 0.15) is 25.5 Å². The smallest absolute Gasteiger partial charge is 0.151 e. The van der Waals surface area contributed by atoms with E-state index < -0.39 is 0 Å². The second-order valence-electron chi connectivity index (χ2n) is 6.77. The highest BCUT2D eigenvalue weighted by molar-refractivity contribution is 5.85. The Morgan fingerprint density at radius 3 is 2.59 bits per heavy atom. The molecule has 7 heteroatoms. The van der Waals surface area contributed by atoms with Crippen molar-refractivity contribution >= 4 is 18.2 Å². The molecule has 1 aliphatic rings. The van der Waals surface area contributed by atoms with Gasteiger partial charge in [0.2, 0.25) is 0 Å². The molecule has 1 unspecified atom stereocenters. The topological polar surface area (TPSA) is 56.1 Å². The lowest BCUT2D eigenvalue weighted by Crippen LogP contribution is -2.27. The first-order valence-electron chi connectivity index (χ1n) is 8.95. The zero-order valence-electron chi connectivity index (χ0n) is 15.8. The van der Waals surface area contributed by atoms with Gasteiger partial charge < -0.3 is 14.2 Å². The van der Waals surface area contributed by atoms with Crippen LogP contribution in [0, 0.1) is 6.92 Å². The number of aromatic nitrogens is 4. The number of ether oxygens (including phenoxy) is 1. The van der Waals surface area contributed by atoms with Crippen LogP contribution in [-0.4, -0.2) is 39.4 Å². The second kappa shape index (κ2) is 7.96. The molecule has 1 atom stereocenters. The maximum atomic E-state index is 5.59. The van der Waals surface area contributed by atoms with E-state index in [4.69, 9.17) is 4.74 Å². The predicted molar refractivity (Wildman–Crippen MR) is 109 cm³/mol. The predicted octanol–water partition coefficient (Wildman–Crippen LogP) is 4.06. The maximum absolute atomic E-state index is 5.59. The minimum absolute atomic E-state index is 0. The van der Waals surface area contributed by atoms with Crippen molar-refractivity contribution < 1.29 is 4.74 Å². The zero-order chi connectivity index (χ0) is 18.1. The van der Waals surface area contributed by atoms with Gasteiger partial charge in [-0.3, -0.25) is 0 Å². The molecule has 0 bridgehead atoms. The minimum Gasteiger partial charge on any atom is -0.495 e. The van der Waals surface area contributed by atoms with Crippen LogP contribution >= 0.6 is 12.4 Å². The van der Waals surface area contributed by atoms with Gasteiger partial charge in [-0.15, -0.1) is 22.6 Å². The number of nitrogens with zero attached hydrogens (tertiary/aromatic N) is 5. The number of rotatable bonds is 4. The molecule has 3 heterocycles. The minimum atomic E-state index is 0. The summed E-state index contributed by atoms with van der Waals surface area (Å²) in [4.78, 5) is 6.60. The molecule has 1 fully saturated rings. The number of anilines is 1. The van der Waals surface area contributed by atoms with Gasteiger partial charge in [0.1, 0.15) is 5.75 Å².